The Kier molecular flexibility index (Phi) is 10.4. The quantitative estimate of drug-likeness (QED) is 0.326. The molecule has 0 saturated heterocycles. The van der Waals surface area contributed by atoms with Gasteiger partial charge in [-0.3, -0.25) is 0 Å². The molecule has 1 N–H and O–H groups in total. The van der Waals surface area contributed by atoms with Crippen LogP contribution in [-0.2, 0) is 0 Å². The van der Waals surface area contributed by atoms with Crippen molar-refractivity contribution < 1.29 is 0 Å². The third-order valence-electron chi connectivity index (χ3n) is 7.48. The molecular formula is C40H43N. The van der Waals surface area contributed by atoms with Crippen molar-refractivity contribution in [3.63, 3.8) is 0 Å². The maximum Gasteiger partial charge on any atom is 0.0697 e. The number of dihydropyridines is 1. The van der Waals surface area contributed by atoms with Gasteiger partial charge in [0.15, 0.2) is 0 Å². The highest BCUT2D eigenvalue weighted by Gasteiger charge is 2.30. The lowest BCUT2D eigenvalue weighted by atomic mass is 9.89. The van der Waals surface area contributed by atoms with Gasteiger partial charge in [-0.2, -0.15) is 0 Å². The van der Waals surface area contributed by atoms with Crippen molar-refractivity contribution in [2.24, 2.45) is 0 Å². The largest absolute Gasteiger partial charge is 0.378 e. The molecule has 0 fully saturated rings. The highest BCUT2D eigenvalue weighted by molar-refractivity contribution is 6.16. The van der Waals surface area contributed by atoms with Crippen molar-refractivity contribution in [3.8, 4) is 0 Å². The Bertz CT molecular complexity index is 1580. The van der Waals surface area contributed by atoms with Crippen LogP contribution in [-0.4, -0.2) is 0 Å². The lowest BCUT2D eigenvalue weighted by molar-refractivity contribution is 0.705. The van der Waals surface area contributed by atoms with Crippen LogP contribution < -0.4 is 5.32 Å². The minimum atomic E-state index is 0.339. The van der Waals surface area contributed by atoms with Gasteiger partial charge in [0.05, 0.1) is 6.04 Å². The van der Waals surface area contributed by atoms with E-state index in [1.807, 2.05) is 26.0 Å². The first-order chi connectivity index (χ1) is 20.1. The van der Waals surface area contributed by atoms with Crippen LogP contribution in [0, 0.1) is 6.92 Å². The summed E-state index contributed by atoms with van der Waals surface area (Å²) in [6, 6.07) is 26.2. The van der Waals surface area contributed by atoms with E-state index < -0.39 is 0 Å². The van der Waals surface area contributed by atoms with E-state index >= 15 is 0 Å². The second-order valence-corrected chi connectivity index (χ2v) is 10.1. The molecule has 1 heterocycles. The fourth-order valence-electron chi connectivity index (χ4n) is 5.69. The van der Waals surface area contributed by atoms with E-state index in [1.165, 1.54) is 61.4 Å². The van der Waals surface area contributed by atoms with Gasteiger partial charge in [-0.15, -0.1) is 5.73 Å². The predicted molar refractivity (Wildman–Crippen MR) is 180 cm³/mol. The van der Waals surface area contributed by atoms with Crippen molar-refractivity contribution >= 4 is 22.8 Å². The maximum absolute atomic E-state index is 3.55. The van der Waals surface area contributed by atoms with E-state index in [0.29, 0.717) is 6.04 Å². The number of benzene rings is 3. The predicted octanol–water partition coefficient (Wildman–Crippen LogP) is 11.0. The standard InChI is InChI=1S/C26H24.C12H13N.C2H6/c1-4-11-22-23-16-9-7-13-19-14-10-17-24(25(19)23)26(22)20(5-2)21-15-8-6-12-18(21)3;1-10-6-5-9-12(13-10)11-7-3-2-4-8-11;1-2/h6-15,17H,4-5H2,1-3H3;2-9,12-13H,1H3;1-2H3/b22-11-,26-20-;;. The fraction of sp³-hybridized carbons (Fsp3) is 0.225. The molecule has 3 aromatic carbocycles. The van der Waals surface area contributed by atoms with Crippen LogP contribution in [0.25, 0.3) is 22.8 Å². The molecule has 1 aliphatic heterocycles. The molecule has 1 nitrogen and oxygen atoms in total. The summed E-state index contributed by atoms with van der Waals surface area (Å²) >= 11 is 0. The molecule has 1 atom stereocenters. The summed E-state index contributed by atoms with van der Waals surface area (Å²) in [6.07, 6.45) is 17.1. The Balaban J connectivity index is 0.000000216. The first-order valence-electron chi connectivity index (χ1n) is 15.1. The molecular weight excluding hydrogens is 494 g/mol. The summed E-state index contributed by atoms with van der Waals surface area (Å²) in [5.74, 6) is 0. The van der Waals surface area contributed by atoms with Gasteiger partial charge in [0.1, 0.15) is 0 Å². The van der Waals surface area contributed by atoms with Gasteiger partial charge < -0.3 is 5.32 Å². The molecule has 0 radical (unpaired) electrons. The summed E-state index contributed by atoms with van der Waals surface area (Å²) in [5, 5.41) is 3.41. The van der Waals surface area contributed by atoms with Crippen molar-refractivity contribution in [2.45, 2.75) is 60.4 Å². The monoisotopic (exact) mass is 537 g/mol. The maximum atomic E-state index is 3.55. The summed E-state index contributed by atoms with van der Waals surface area (Å²) in [4.78, 5) is 0. The van der Waals surface area contributed by atoms with Crippen LogP contribution in [0.3, 0.4) is 0 Å². The summed E-state index contributed by atoms with van der Waals surface area (Å²) in [7, 11) is 0. The highest BCUT2D eigenvalue weighted by atomic mass is 14.9. The Hall–Kier alpha value is -4.32. The van der Waals surface area contributed by atoms with Crippen LogP contribution in [0.15, 0.2) is 126 Å². The summed E-state index contributed by atoms with van der Waals surface area (Å²) in [6.45, 7) is 12.8. The van der Waals surface area contributed by atoms with Crippen LogP contribution in [0.2, 0.25) is 0 Å². The summed E-state index contributed by atoms with van der Waals surface area (Å²) in [5.41, 5.74) is 18.2. The highest BCUT2D eigenvalue weighted by Crippen LogP contribution is 2.50. The van der Waals surface area contributed by atoms with E-state index in [9.17, 15) is 0 Å². The number of allylic oxidation sites excluding steroid dienone is 9. The first kappa shape index (κ1) is 29.7. The number of hydrogen-bond donors (Lipinski definition) is 1. The third kappa shape index (κ3) is 6.54. The SMILES string of the molecule is CC.CC/C=C1/C2=C=CC=Cc3cccc(c32)/C1=C(/CC)c1ccccc1C.CC1=CC=CC(c2ccccc2)N1. The number of rotatable bonds is 4. The van der Waals surface area contributed by atoms with Crippen LogP contribution >= 0.6 is 0 Å². The first-order valence-corrected chi connectivity index (χ1v) is 15.1. The van der Waals surface area contributed by atoms with Crippen LogP contribution in [0.5, 0.6) is 0 Å². The van der Waals surface area contributed by atoms with E-state index in [4.69, 9.17) is 0 Å². The average Bonchev–Trinajstić information content (AvgIpc) is 3.16. The van der Waals surface area contributed by atoms with Crippen molar-refractivity contribution in [1.82, 2.24) is 5.32 Å². The Morgan fingerprint density at radius 1 is 0.878 bits per heavy atom. The molecule has 2 aliphatic carbocycles. The molecule has 0 aromatic heterocycles. The van der Waals surface area contributed by atoms with Gasteiger partial charge in [-0.25, -0.2) is 0 Å². The smallest absolute Gasteiger partial charge is 0.0697 e. The second kappa shape index (κ2) is 14.4. The number of aryl methyl sites for hydroxylation is 1. The minimum absolute atomic E-state index is 0.339. The molecule has 41 heavy (non-hydrogen) atoms. The number of hydrogen-bond acceptors (Lipinski definition) is 1. The van der Waals surface area contributed by atoms with E-state index in [-0.39, 0.29) is 0 Å². The fourth-order valence-corrected chi connectivity index (χ4v) is 5.69. The van der Waals surface area contributed by atoms with Crippen molar-refractivity contribution in [3.05, 3.63) is 160 Å². The minimum Gasteiger partial charge on any atom is -0.378 e. The van der Waals surface area contributed by atoms with Gasteiger partial charge in [0, 0.05) is 16.8 Å². The second-order valence-electron chi connectivity index (χ2n) is 10.1. The zero-order chi connectivity index (χ0) is 29.2. The lowest BCUT2D eigenvalue weighted by Gasteiger charge is -2.19. The van der Waals surface area contributed by atoms with E-state index in [2.05, 4.69) is 142 Å². The zero-order valence-electron chi connectivity index (χ0n) is 25.5. The van der Waals surface area contributed by atoms with Crippen molar-refractivity contribution in [2.75, 3.05) is 0 Å². The topological polar surface area (TPSA) is 12.0 Å². The van der Waals surface area contributed by atoms with Gasteiger partial charge in [0.25, 0.3) is 0 Å². The molecule has 3 aliphatic rings. The van der Waals surface area contributed by atoms with Crippen molar-refractivity contribution in [1.29, 1.82) is 0 Å². The Morgan fingerprint density at radius 2 is 1.63 bits per heavy atom. The molecule has 0 amide bonds. The van der Waals surface area contributed by atoms with E-state index in [0.717, 1.165) is 12.8 Å². The normalized spacial score (nSPS) is 18.1. The Morgan fingerprint density at radius 3 is 2.34 bits per heavy atom. The van der Waals surface area contributed by atoms with Gasteiger partial charge in [-0.1, -0.05) is 131 Å². The van der Waals surface area contributed by atoms with Crippen LogP contribution in [0.1, 0.15) is 86.9 Å². The van der Waals surface area contributed by atoms with Gasteiger partial charge >= 0.3 is 0 Å². The molecule has 0 bridgehead atoms. The summed E-state index contributed by atoms with van der Waals surface area (Å²) < 4.78 is 0. The molecule has 208 valence electrons. The average molecular weight is 538 g/mol. The Labute approximate surface area is 247 Å². The number of nitrogens with one attached hydrogen (secondary N) is 1. The third-order valence-corrected chi connectivity index (χ3v) is 7.48. The molecule has 1 heteroatoms. The molecule has 0 spiro atoms. The molecule has 6 rings (SSSR count). The van der Waals surface area contributed by atoms with Crippen LogP contribution in [0.4, 0.5) is 0 Å². The molecule has 0 saturated carbocycles. The zero-order valence-corrected chi connectivity index (χ0v) is 25.5. The van der Waals surface area contributed by atoms with E-state index in [1.54, 1.807) is 0 Å². The molecule has 1 unspecified atom stereocenters. The lowest BCUT2D eigenvalue weighted by Crippen LogP contribution is -2.19. The van der Waals surface area contributed by atoms with Gasteiger partial charge in [0.2, 0.25) is 0 Å². The van der Waals surface area contributed by atoms with Gasteiger partial charge in [-0.05, 0) is 83.4 Å². The molecule has 3 aromatic rings.